The van der Waals surface area contributed by atoms with Crippen molar-refractivity contribution < 1.29 is 53.3 Å². The molecule has 0 amide bonds. The van der Waals surface area contributed by atoms with E-state index < -0.39 is 24.4 Å². The van der Waals surface area contributed by atoms with Crippen molar-refractivity contribution in [3.05, 3.63) is 24.3 Å². The molecule has 18 atom stereocenters. The molecule has 7 rings (SSSR count). The van der Waals surface area contributed by atoms with Gasteiger partial charge in [-0.1, -0.05) is 45.8 Å². The molecule has 0 aromatic heterocycles. The maximum Gasteiger partial charge on any atom is 0.135 e. The predicted molar refractivity (Wildman–Crippen MR) is 241 cm³/mol. The summed E-state index contributed by atoms with van der Waals surface area (Å²) in [5.41, 5.74) is 2.10. The van der Waals surface area contributed by atoms with Crippen LogP contribution in [0.15, 0.2) is 24.3 Å². The highest BCUT2D eigenvalue weighted by Gasteiger charge is 2.56. The predicted octanol–water partition coefficient (Wildman–Crippen LogP) is 5.21. The van der Waals surface area contributed by atoms with Crippen molar-refractivity contribution >= 4 is 11.6 Å². The minimum absolute atomic E-state index is 0.0158. The number of ketones is 2. The quantitative estimate of drug-likeness (QED) is 0.254. The molecule has 0 aromatic rings. The van der Waals surface area contributed by atoms with E-state index in [0.717, 1.165) is 36.8 Å². The number of hydrogen-bond acceptors (Lipinski definition) is 11. The SMILES string of the molecule is C=C1C[C@@H]2CCC(=O)C[C@H]3O[C@H]4[C@@H](O)[C@H]5OC(CC[C@@H]5O[C@H]4[C@H]3C)CC(=O)C[C@H]3C(C[C@H]4O[C@@H](CCC1O2)C[C@@H](C)C4=C)O[C@H](C[C@H](O)CO)[C@@H]3C.CC#CC#CC#CC#CC#CC. The van der Waals surface area contributed by atoms with Gasteiger partial charge in [-0.2, -0.15) is 0 Å². The number of rotatable bonds is 3. The Labute approximate surface area is 381 Å². The van der Waals surface area contributed by atoms with Crippen LogP contribution in [-0.2, 0) is 38.0 Å². The fourth-order valence-electron chi connectivity index (χ4n) is 10.7. The van der Waals surface area contributed by atoms with E-state index in [2.05, 4.69) is 86.2 Å². The zero-order valence-electron chi connectivity index (χ0n) is 38.3. The highest BCUT2D eigenvalue weighted by atomic mass is 16.6. The Hall–Kier alpha value is -3.74. The Bertz CT molecular complexity index is 1960. The Balaban J connectivity index is 0.000000497. The molecule has 0 radical (unpaired) electrons. The standard InChI is InChI=1S/C41H62O11.C12H6/c1-20-12-29-8-10-32-21(2)13-28(47-32)7-6-25(43)16-35-24(5)39-41(52-35)38(46)40-33(51-39)11-9-30(49-40)14-26(44)15-31-23(4)34(17-27(45)19-42)50-37(31)18-36(48-29)22(20)3;1-3-5-7-9-11-12-10-8-6-4-2/h20,23-24,27-42,45-46H,2-3,6-19H2,1,4-5H3;1-2H3/t20-,23-,24+,27+,28+,29+,30?,31-,32?,33+,34-,35-,36-,37?,38+,39+,40+,41+;/m1./s1. The number of aliphatic hydroxyl groups excluding tert-OH is 3. The summed E-state index contributed by atoms with van der Waals surface area (Å²) >= 11 is 0. The highest BCUT2D eigenvalue weighted by Crippen LogP contribution is 2.45. The topological polar surface area (TPSA) is 150 Å². The van der Waals surface area contributed by atoms with E-state index in [-0.39, 0.29) is 116 Å². The highest BCUT2D eigenvalue weighted by molar-refractivity contribution is 5.79. The van der Waals surface area contributed by atoms with E-state index >= 15 is 0 Å². The van der Waals surface area contributed by atoms with Crippen LogP contribution >= 0.6 is 0 Å². The third-order valence-corrected chi connectivity index (χ3v) is 14.4. The summed E-state index contributed by atoms with van der Waals surface area (Å²) in [6.45, 7) is 18.2. The lowest BCUT2D eigenvalue weighted by Crippen LogP contribution is -2.60. The second kappa shape index (κ2) is 23.6. The lowest BCUT2D eigenvalue weighted by atomic mass is 9.78. The summed E-state index contributed by atoms with van der Waals surface area (Å²) in [5, 5.41) is 31.5. The minimum atomic E-state index is -0.922. The van der Waals surface area contributed by atoms with Crippen LogP contribution in [0.4, 0.5) is 0 Å². The molecular weight excluding hydrogens is 813 g/mol. The first-order valence-electron chi connectivity index (χ1n) is 23.4. The van der Waals surface area contributed by atoms with Crippen molar-refractivity contribution in [3.8, 4) is 59.2 Å². The fraction of sp³-hybridized carbons (Fsp3) is 0.698. The maximum absolute atomic E-state index is 13.8. The molecule has 3 unspecified atom stereocenters. The molecule has 3 N–H and O–H groups in total. The summed E-state index contributed by atoms with van der Waals surface area (Å²) in [7, 11) is 0. The molecule has 11 nitrogen and oxygen atoms in total. The van der Waals surface area contributed by atoms with Gasteiger partial charge in [0.15, 0.2) is 0 Å². The maximum atomic E-state index is 13.8. The Kier molecular flexibility index (Phi) is 18.3. The van der Waals surface area contributed by atoms with Gasteiger partial charge < -0.3 is 43.7 Å². The minimum Gasteiger partial charge on any atom is -0.394 e. The smallest absolute Gasteiger partial charge is 0.135 e. The van der Waals surface area contributed by atoms with Crippen molar-refractivity contribution in [2.45, 2.75) is 204 Å². The molecule has 7 heterocycles. The molecule has 7 saturated heterocycles. The van der Waals surface area contributed by atoms with Gasteiger partial charge in [-0.25, -0.2) is 0 Å². The zero-order chi connectivity index (χ0) is 45.9. The van der Waals surface area contributed by atoms with Gasteiger partial charge in [0.25, 0.3) is 0 Å². The van der Waals surface area contributed by atoms with E-state index in [1.165, 1.54) is 0 Å². The van der Waals surface area contributed by atoms with Gasteiger partial charge in [-0.3, -0.25) is 9.59 Å². The van der Waals surface area contributed by atoms with Crippen molar-refractivity contribution in [3.63, 3.8) is 0 Å². The van der Waals surface area contributed by atoms with Crippen LogP contribution in [0.25, 0.3) is 0 Å². The fourth-order valence-corrected chi connectivity index (χ4v) is 10.7. The Morgan fingerprint density at radius 1 is 0.625 bits per heavy atom. The first-order chi connectivity index (χ1) is 30.8. The summed E-state index contributed by atoms with van der Waals surface area (Å²) in [5.74, 6) is 25.8. The molecule has 8 bridgehead atoms. The first-order valence-corrected chi connectivity index (χ1v) is 23.4. The number of Topliss-reactive ketones (excluding diaryl/α,β-unsaturated/α-hetero) is 2. The van der Waals surface area contributed by atoms with Crippen LogP contribution in [-0.4, -0.2) is 119 Å². The van der Waals surface area contributed by atoms with E-state index in [1.54, 1.807) is 13.8 Å². The van der Waals surface area contributed by atoms with Crippen molar-refractivity contribution in [1.29, 1.82) is 0 Å². The van der Waals surface area contributed by atoms with Crippen LogP contribution in [0.5, 0.6) is 0 Å². The molecule has 0 spiro atoms. The summed E-state index contributed by atoms with van der Waals surface area (Å²) in [6, 6.07) is 0. The molecular formula is C53H68O11. The molecule has 64 heavy (non-hydrogen) atoms. The van der Waals surface area contributed by atoms with Crippen molar-refractivity contribution in [2.75, 3.05) is 6.61 Å². The monoisotopic (exact) mass is 880 g/mol. The first kappa shape index (κ1) is 49.7. The van der Waals surface area contributed by atoms with Crippen LogP contribution < -0.4 is 0 Å². The Morgan fingerprint density at radius 2 is 1.27 bits per heavy atom. The lowest BCUT2D eigenvalue weighted by molar-refractivity contribution is -0.256. The van der Waals surface area contributed by atoms with Gasteiger partial charge in [0.05, 0.1) is 73.8 Å². The lowest BCUT2D eigenvalue weighted by Gasteiger charge is -2.46. The van der Waals surface area contributed by atoms with E-state index in [1.807, 2.05) is 6.92 Å². The third kappa shape index (κ3) is 12.8. The molecule has 0 saturated carbocycles. The van der Waals surface area contributed by atoms with E-state index in [0.29, 0.717) is 44.9 Å². The van der Waals surface area contributed by atoms with Crippen LogP contribution in [0.3, 0.4) is 0 Å². The van der Waals surface area contributed by atoms with E-state index in [4.69, 9.17) is 28.4 Å². The van der Waals surface area contributed by atoms with Crippen LogP contribution in [0.2, 0.25) is 0 Å². The molecule has 0 aromatic carbocycles. The van der Waals surface area contributed by atoms with Crippen molar-refractivity contribution in [1.82, 2.24) is 0 Å². The molecule has 7 fully saturated rings. The van der Waals surface area contributed by atoms with Gasteiger partial charge in [0, 0.05) is 44.4 Å². The zero-order valence-corrected chi connectivity index (χ0v) is 38.3. The van der Waals surface area contributed by atoms with Gasteiger partial charge >= 0.3 is 0 Å². The molecule has 346 valence electrons. The van der Waals surface area contributed by atoms with Gasteiger partial charge in [-0.05, 0) is 135 Å². The average molecular weight is 881 g/mol. The number of fused-ring (bicyclic) bond motifs is 7. The van der Waals surface area contributed by atoms with E-state index in [9.17, 15) is 24.9 Å². The number of ether oxygens (including phenoxy) is 6. The van der Waals surface area contributed by atoms with Gasteiger partial charge in [0.2, 0.25) is 0 Å². The Morgan fingerprint density at radius 3 is 1.95 bits per heavy atom. The van der Waals surface area contributed by atoms with Crippen molar-refractivity contribution in [2.24, 2.45) is 23.7 Å². The third-order valence-electron chi connectivity index (χ3n) is 14.4. The summed E-state index contributed by atoms with van der Waals surface area (Å²) in [6.07, 6.45) is 1.93. The van der Waals surface area contributed by atoms with Gasteiger partial charge in [-0.15, -0.1) is 0 Å². The average Bonchev–Trinajstić information content (AvgIpc) is 3.89. The molecule has 7 aliphatic heterocycles. The molecule has 7 aliphatic rings. The van der Waals surface area contributed by atoms with Crippen LogP contribution in [0.1, 0.15) is 118 Å². The number of carbonyl (C=O) groups excluding carboxylic acids is 2. The summed E-state index contributed by atoms with van der Waals surface area (Å²) in [4.78, 5) is 27.1. The number of hydrogen-bond donors (Lipinski definition) is 3. The van der Waals surface area contributed by atoms with Gasteiger partial charge in [0.1, 0.15) is 29.9 Å². The molecule has 0 aliphatic carbocycles. The second-order valence-electron chi connectivity index (χ2n) is 18.8. The molecule has 11 heteroatoms. The van der Waals surface area contributed by atoms with Crippen LogP contribution in [0, 0.1) is 82.9 Å². The summed E-state index contributed by atoms with van der Waals surface area (Å²) < 4.78 is 39.1. The largest absolute Gasteiger partial charge is 0.394 e. The normalized spacial score (nSPS) is 40.0. The number of carbonyl (C=O) groups is 2. The number of aliphatic hydroxyl groups is 3. The second-order valence-corrected chi connectivity index (χ2v) is 18.8.